The lowest BCUT2D eigenvalue weighted by atomic mass is 10.1. The van der Waals surface area contributed by atoms with Gasteiger partial charge in [0, 0.05) is 19.0 Å². The number of carbonyl (C=O) groups excluding carboxylic acids is 1. The Kier molecular flexibility index (Phi) is 2.80. The Bertz CT molecular complexity index is 342. The molecule has 1 unspecified atom stereocenters. The standard InChI is InChI=1S/C10H12FN3O/c11-7-1-3-9(12-5-7)14-8-2-4-10(15)13-6-8/h1,3,5,8H,2,4,6H2,(H,12,14)(H,13,15). The number of rotatable bonds is 2. The first-order valence-electron chi connectivity index (χ1n) is 4.89. The summed E-state index contributed by atoms with van der Waals surface area (Å²) < 4.78 is 12.6. The van der Waals surface area contributed by atoms with E-state index >= 15 is 0 Å². The van der Waals surface area contributed by atoms with Crippen molar-refractivity contribution in [3.63, 3.8) is 0 Å². The molecular formula is C10H12FN3O. The molecular weight excluding hydrogens is 197 g/mol. The van der Waals surface area contributed by atoms with Crippen LogP contribution in [0.1, 0.15) is 12.8 Å². The summed E-state index contributed by atoms with van der Waals surface area (Å²) in [5.74, 6) is 0.371. The molecule has 0 bridgehead atoms. The fraction of sp³-hybridized carbons (Fsp3) is 0.400. The Balaban J connectivity index is 1.91. The lowest BCUT2D eigenvalue weighted by molar-refractivity contribution is -0.122. The Morgan fingerprint density at radius 1 is 1.53 bits per heavy atom. The van der Waals surface area contributed by atoms with Gasteiger partial charge in [0.05, 0.1) is 6.20 Å². The van der Waals surface area contributed by atoms with Crippen LogP contribution in [0.4, 0.5) is 10.2 Å². The summed E-state index contributed by atoms with van der Waals surface area (Å²) in [6.07, 6.45) is 2.48. The second kappa shape index (κ2) is 4.25. The number of nitrogens with zero attached hydrogens (tertiary/aromatic N) is 1. The first-order chi connectivity index (χ1) is 7.24. The molecule has 2 rings (SSSR count). The van der Waals surface area contributed by atoms with Crippen LogP contribution in [0.5, 0.6) is 0 Å². The number of aromatic nitrogens is 1. The predicted molar refractivity (Wildman–Crippen MR) is 53.8 cm³/mol. The Morgan fingerprint density at radius 2 is 2.40 bits per heavy atom. The third-order valence-corrected chi connectivity index (χ3v) is 2.34. The molecule has 0 aliphatic carbocycles. The van der Waals surface area contributed by atoms with Gasteiger partial charge in [0.15, 0.2) is 0 Å². The highest BCUT2D eigenvalue weighted by atomic mass is 19.1. The van der Waals surface area contributed by atoms with Crippen LogP contribution < -0.4 is 10.6 Å². The van der Waals surface area contributed by atoms with Gasteiger partial charge in [-0.05, 0) is 18.6 Å². The minimum Gasteiger partial charge on any atom is -0.366 e. The zero-order valence-corrected chi connectivity index (χ0v) is 8.16. The molecule has 1 amide bonds. The number of piperidine rings is 1. The number of pyridine rings is 1. The predicted octanol–water partition coefficient (Wildman–Crippen LogP) is 0.911. The number of amides is 1. The number of hydrogen-bond acceptors (Lipinski definition) is 3. The molecule has 15 heavy (non-hydrogen) atoms. The summed E-state index contributed by atoms with van der Waals surface area (Å²) in [6.45, 7) is 0.595. The molecule has 80 valence electrons. The fourth-order valence-electron chi connectivity index (χ4n) is 1.53. The summed E-state index contributed by atoms with van der Waals surface area (Å²) in [6, 6.07) is 3.13. The Morgan fingerprint density at radius 3 is 3.00 bits per heavy atom. The maximum absolute atomic E-state index is 12.6. The first kappa shape index (κ1) is 9.89. The summed E-state index contributed by atoms with van der Waals surface area (Å²) >= 11 is 0. The van der Waals surface area contributed by atoms with Crippen LogP contribution in [-0.4, -0.2) is 23.5 Å². The van der Waals surface area contributed by atoms with Crippen molar-refractivity contribution in [2.45, 2.75) is 18.9 Å². The van der Waals surface area contributed by atoms with Crippen molar-refractivity contribution in [1.29, 1.82) is 0 Å². The molecule has 1 aliphatic heterocycles. The third kappa shape index (κ3) is 2.65. The smallest absolute Gasteiger partial charge is 0.220 e. The highest BCUT2D eigenvalue weighted by Gasteiger charge is 2.17. The minimum atomic E-state index is -0.350. The van der Waals surface area contributed by atoms with Crippen LogP contribution in [0.2, 0.25) is 0 Å². The largest absolute Gasteiger partial charge is 0.366 e. The average molecular weight is 209 g/mol. The van der Waals surface area contributed by atoms with E-state index in [0.29, 0.717) is 18.8 Å². The van der Waals surface area contributed by atoms with Gasteiger partial charge < -0.3 is 10.6 Å². The number of hydrogen-bond donors (Lipinski definition) is 2. The summed E-state index contributed by atoms with van der Waals surface area (Å²) in [5, 5.41) is 5.90. The molecule has 2 heterocycles. The normalized spacial score (nSPS) is 20.9. The summed E-state index contributed by atoms with van der Waals surface area (Å²) in [4.78, 5) is 14.8. The molecule has 1 aromatic heterocycles. The number of carbonyl (C=O) groups is 1. The van der Waals surface area contributed by atoms with Gasteiger partial charge in [-0.2, -0.15) is 0 Å². The van der Waals surface area contributed by atoms with E-state index in [1.165, 1.54) is 12.3 Å². The van der Waals surface area contributed by atoms with E-state index in [0.717, 1.165) is 6.42 Å². The Hall–Kier alpha value is -1.65. The molecule has 0 aromatic carbocycles. The molecule has 0 spiro atoms. The Labute approximate surface area is 86.9 Å². The monoisotopic (exact) mass is 209 g/mol. The molecule has 4 nitrogen and oxygen atoms in total. The summed E-state index contributed by atoms with van der Waals surface area (Å²) in [5.41, 5.74) is 0. The molecule has 5 heteroatoms. The topological polar surface area (TPSA) is 54.0 Å². The van der Waals surface area contributed by atoms with Gasteiger partial charge >= 0.3 is 0 Å². The fourth-order valence-corrected chi connectivity index (χ4v) is 1.53. The second-order valence-corrected chi connectivity index (χ2v) is 3.55. The van der Waals surface area contributed by atoms with Crippen LogP contribution in [0.3, 0.4) is 0 Å². The molecule has 1 aromatic rings. The van der Waals surface area contributed by atoms with Gasteiger partial charge in [-0.25, -0.2) is 9.37 Å². The number of halogens is 1. The zero-order chi connectivity index (χ0) is 10.7. The molecule has 1 fully saturated rings. The van der Waals surface area contributed by atoms with Crippen molar-refractivity contribution in [2.24, 2.45) is 0 Å². The van der Waals surface area contributed by atoms with Crippen LogP contribution in [0.25, 0.3) is 0 Å². The lowest BCUT2D eigenvalue weighted by Gasteiger charge is -2.23. The zero-order valence-electron chi connectivity index (χ0n) is 8.16. The number of anilines is 1. The van der Waals surface area contributed by atoms with Crippen LogP contribution in [-0.2, 0) is 4.79 Å². The van der Waals surface area contributed by atoms with Crippen LogP contribution >= 0.6 is 0 Å². The van der Waals surface area contributed by atoms with E-state index < -0.39 is 0 Å². The van der Waals surface area contributed by atoms with Crippen LogP contribution in [0.15, 0.2) is 18.3 Å². The van der Waals surface area contributed by atoms with E-state index in [1.807, 2.05) is 0 Å². The quantitative estimate of drug-likeness (QED) is 0.761. The van der Waals surface area contributed by atoms with Gasteiger partial charge in [-0.1, -0.05) is 0 Å². The van der Waals surface area contributed by atoms with Crippen LogP contribution in [0, 0.1) is 5.82 Å². The van der Waals surface area contributed by atoms with E-state index in [4.69, 9.17) is 0 Å². The summed E-state index contributed by atoms with van der Waals surface area (Å²) in [7, 11) is 0. The molecule has 1 aliphatic rings. The average Bonchev–Trinajstić information content (AvgIpc) is 2.25. The van der Waals surface area contributed by atoms with Gasteiger partial charge in [-0.3, -0.25) is 4.79 Å². The molecule has 0 saturated carbocycles. The SMILES string of the molecule is O=C1CCC(Nc2ccc(F)cn2)CN1. The van der Waals surface area contributed by atoms with Crippen molar-refractivity contribution >= 4 is 11.7 Å². The van der Waals surface area contributed by atoms with Crippen molar-refractivity contribution in [3.8, 4) is 0 Å². The van der Waals surface area contributed by atoms with Crippen molar-refractivity contribution in [2.75, 3.05) is 11.9 Å². The maximum atomic E-state index is 12.6. The van der Waals surface area contributed by atoms with E-state index in [1.54, 1.807) is 6.07 Å². The van der Waals surface area contributed by atoms with Crippen molar-refractivity contribution in [1.82, 2.24) is 10.3 Å². The van der Waals surface area contributed by atoms with Gasteiger partial charge in [0.2, 0.25) is 5.91 Å². The third-order valence-electron chi connectivity index (χ3n) is 2.34. The van der Waals surface area contributed by atoms with Gasteiger partial charge in [0.25, 0.3) is 0 Å². The van der Waals surface area contributed by atoms with E-state index in [9.17, 15) is 9.18 Å². The minimum absolute atomic E-state index is 0.0834. The van der Waals surface area contributed by atoms with E-state index in [2.05, 4.69) is 15.6 Å². The highest BCUT2D eigenvalue weighted by molar-refractivity contribution is 5.76. The molecule has 1 atom stereocenters. The van der Waals surface area contributed by atoms with Crippen molar-refractivity contribution in [3.05, 3.63) is 24.1 Å². The second-order valence-electron chi connectivity index (χ2n) is 3.55. The maximum Gasteiger partial charge on any atom is 0.220 e. The van der Waals surface area contributed by atoms with E-state index in [-0.39, 0.29) is 17.8 Å². The van der Waals surface area contributed by atoms with Gasteiger partial charge in [0.1, 0.15) is 11.6 Å². The number of nitrogens with one attached hydrogen (secondary N) is 2. The van der Waals surface area contributed by atoms with Crippen molar-refractivity contribution < 1.29 is 9.18 Å². The van der Waals surface area contributed by atoms with Gasteiger partial charge in [-0.15, -0.1) is 0 Å². The molecule has 1 saturated heterocycles. The molecule has 2 N–H and O–H groups in total. The highest BCUT2D eigenvalue weighted by Crippen LogP contribution is 2.10. The first-order valence-corrected chi connectivity index (χ1v) is 4.89. The lowest BCUT2D eigenvalue weighted by Crippen LogP contribution is -2.42. The molecule has 0 radical (unpaired) electrons.